The smallest absolute Gasteiger partial charge is 0.242 e. The van der Waals surface area contributed by atoms with E-state index in [1.165, 1.54) is 4.90 Å². The zero-order valence-corrected chi connectivity index (χ0v) is 18.2. The van der Waals surface area contributed by atoms with Gasteiger partial charge in [-0.15, -0.1) is 0 Å². The lowest BCUT2D eigenvalue weighted by atomic mass is 10.1. The van der Waals surface area contributed by atoms with E-state index < -0.39 is 16.1 Å². The fraction of sp³-hybridized carbons (Fsp3) is 0.391. The lowest BCUT2D eigenvalue weighted by Crippen LogP contribution is -2.54. The Bertz CT molecular complexity index is 1030. The van der Waals surface area contributed by atoms with Crippen LogP contribution in [0.2, 0.25) is 0 Å². The number of hydrogen-bond donors (Lipinski definition) is 1. The Morgan fingerprint density at radius 1 is 0.903 bits per heavy atom. The third-order valence-electron chi connectivity index (χ3n) is 5.88. The quantitative estimate of drug-likeness (QED) is 0.745. The first-order chi connectivity index (χ1) is 14.9. The number of nitrogens with one attached hydrogen (secondary N) is 1. The van der Waals surface area contributed by atoms with E-state index in [4.69, 9.17) is 0 Å². The molecule has 0 saturated carbocycles. The van der Waals surface area contributed by atoms with Gasteiger partial charge in [-0.1, -0.05) is 42.5 Å². The van der Waals surface area contributed by atoms with Crippen molar-refractivity contribution in [2.24, 2.45) is 0 Å². The molecule has 1 unspecified atom stereocenters. The highest BCUT2D eigenvalue weighted by Crippen LogP contribution is 2.22. The number of amides is 2. The lowest BCUT2D eigenvalue weighted by Gasteiger charge is -2.33. The molecule has 8 heteroatoms. The highest BCUT2D eigenvalue weighted by atomic mass is 32.2. The Labute approximate surface area is 183 Å². The van der Waals surface area contributed by atoms with Gasteiger partial charge in [0.1, 0.15) is 6.04 Å². The van der Waals surface area contributed by atoms with Gasteiger partial charge in [-0.2, -0.15) is 4.72 Å². The second kappa shape index (κ2) is 9.20. The van der Waals surface area contributed by atoms with Crippen molar-refractivity contribution in [2.45, 2.75) is 36.6 Å². The fourth-order valence-electron chi connectivity index (χ4n) is 4.15. The van der Waals surface area contributed by atoms with Gasteiger partial charge in [0.05, 0.1) is 11.4 Å². The van der Waals surface area contributed by atoms with E-state index in [0.29, 0.717) is 19.4 Å². The molecule has 4 rings (SSSR count). The molecule has 7 nitrogen and oxygen atoms in total. The van der Waals surface area contributed by atoms with Crippen molar-refractivity contribution in [3.63, 3.8) is 0 Å². The summed E-state index contributed by atoms with van der Waals surface area (Å²) >= 11 is 0. The Hall–Kier alpha value is -2.71. The molecule has 2 amide bonds. The predicted molar refractivity (Wildman–Crippen MR) is 118 cm³/mol. The van der Waals surface area contributed by atoms with Gasteiger partial charge < -0.3 is 9.80 Å². The van der Waals surface area contributed by atoms with Crippen LogP contribution in [-0.2, 0) is 19.6 Å². The molecule has 2 aliphatic rings. The predicted octanol–water partition coefficient (Wildman–Crippen LogP) is 2.25. The van der Waals surface area contributed by atoms with Crippen LogP contribution in [0.5, 0.6) is 0 Å². The van der Waals surface area contributed by atoms with Crippen molar-refractivity contribution in [1.82, 2.24) is 14.5 Å². The van der Waals surface area contributed by atoms with Crippen LogP contribution < -0.4 is 4.72 Å². The van der Waals surface area contributed by atoms with Gasteiger partial charge in [0.25, 0.3) is 0 Å². The topological polar surface area (TPSA) is 86.8 Å². The van der Waals surface area contributed by atoms with E-state index in [2.05, 4.69) is 4.72 Å². The molecule has 0 aromatic heterocycles. The van der Waals surface area contributed by atoms with Crippen molar-refractivity contribution in [1.29, 1.82) is 0 Å². The summed E-state index contributed by atoms with van der Waals surface area (Å²) in [6.07, 6.45) is 3.06. The van der Waals surface area contributed by atoms with Crippen molar-refractivity contribution >= 4 is 21.8 Å². The second-order valence-corrected chi connectivity index (χ2v) is 9.77. The Morgan fingerprint density at radius 2 is 1.55 bits per heavy atom. The van der Waals surface area contributed by atoms with Gasteiger partial charge >= 0.3 is 0 Å². The molecule has 2 heterocycles. The second-order valence-electron chi connectivity index (χ2n) is 8.05. The minimum atomic E-state index is -3.85. The number of sulfonamides is 1. The first-order valence-corrected chi connectivity index (χ1v) is 12.2. The maximum atomic E-state index is 12.9. The Balaban J connectivity index is 1.42. The summed E-state index contributed by atoms with van der Waals surface area (Å²) in [6, 6.07) is 15.5. The van der Waals surface area contributed by atoms with Crippen LogP contribution in [-0.4, -0.2) is 62.3 Å². The number of hydrogen-bond acceptors (Lipinski definition) is 4. The number of benzene rings is 2. The van der Waals surface area contributed by atoms with Crippen LogP contribution >= 0.6 is 0 Å². The molecule has 2 aromatic carbocycles. The highest BCUT2D eigenvalue weighted by molar-refractivity contribution is 7.89. The van der Waals surface area contributed by atoms with Gasteiger partial charge in [0, 0.05) is 19.6 Å². The lowest BCUT2D eigenvalue weighted by molar-refractivity contribution is -0.142. The van der Waals surface area contributed by atoms with E-state index >= 15 is 0 Å². The summed E-state index contributed by atoms with van der Waals surface area (Å²) in [5, 5.41) is 0. The first kappa shape index (κ1) is 21.5. The average Bonchev–Trinajstić information content (AvgIpc) is 3.32. The molecule has 2 fully saturated rings. The van der Waals surface area contributed by atoms with E-state index in [0.717, 1.165) is 37.1 Å². The van der Waals surface area contributed by atoms with Crippen LogP contribution in [0, 0.1) is 0 Å². The van der Waals surface area contributed by atoms with Crippen LogP contribution in [0.1, 0.15) is 25.7 Å². The summed E-state index contributed by atoms with van der Waals surface area (Å²) in [4.78, 5) is 28.6. The molecule has 0 aliphatic carbocycles. The van der Waals surface area contributed by atoms with Crippen LogP contribution in [0.4, 0.5) is 0 Å². The fourth-order valence-corrected chi connectivity index (χ4v) is 5.37. The number of likely N-dealkylation sites (tertiary alicyclic amines) is 2. The van der Waals surface area contributed by atoms with Gasteiger partial charge in [-0.25, -0.2) is 8.42 Å². The monoisotopic (exact) mass is 441 g/mol. The molecular weight excluding hydrogens is 414 g/mol. The molecule has 0 radical (unpaired) electrons. The minimum Gasteiger partial charge on any atom is -0.341 e. The molecule has 2 saturated heterocycles. The molecule has 164 valence electrons. The van der Waals surface area contributed by atoms with E-state index in [-0.39, 0.29) is 23.3 Å². The van der Waals surface area contributed by atoms with Crippen LogP contribution in [0.3, 0.4) is 0 Å². The Kier molecular flexibility index (Phi) is 6.38. The van der Waals surface area contributed by atoms with Crippen molar-refractivity contribution in [3.05, 3.63) is 54.6 Å². The molecular formula is C23H27N3O4S. The number of carbonyl (C=O) groups excluding carboxylic acids is 2. The summed E-state index contributed by atoms with van der Waals surface area (Å²) < 4.78 is 28.3. The highest BCUT2D eigenvalue weighted by Gasteiger charge is 2.34. The van der Waals surface area contributed by atoms with Crippen LogP contribution in [0.15, 0.2) is 59.5 Å². The number of nitrogens with zero attached hydrogens (tertiary/aromatic N) is 2. The van der Waals surface area contributed by atoms with E-state index in [1.54, 1.807) is 29.2 Å². The molecule has 1 N–H and O–H groups in total. The van der Waals surface area contributed by atoms with Crippen LogP contribution in [0.25, 0.3) is 11.1 Å². The van der Waals surface area contributed by atoms with Gasteiger partial charge in [0.2, 0.25) is 21.8 Å². The van der Waals surface area contributed by atoms with Gasteiger partial charge in [-0.05, 0) is 48.9 Å². The summed E-state index contributed by atoms with van der Waals surface area (Å²) in [5.74, 6) is -0.394. The van der Waals surface area contributed by atoms with Gasteiger partial charge in [0.15, 0.2) is 0 Å². The average molecular weight is 442 g/mol. The zero-order valence-electron chi connectivity index (χ0n) is 17.4. The van der Waals surface area contributed by atoms with E-state index in [1.807, 2.05) is 30.3 Å². The van der Waals surface area contributed by atoms with Crippen molar-refractivity contribution < 1.29 is 18.0 Å². The van der Waals surface area contributed by atoms with Gasteiger partial charge in [-0.3, -0.25) is 9.59 Å². The third-order valence-corrected chi connectivity index (χ3v) is 7.37. The number of piperidine rings is 1. The molecule has 31 heavy (non-hydrogen) atoms. The SMILES string of the molecule is O=C(CN1CCCC(NS(=O)(=O)c2ccc(-c3ccccc3)cc2)C1=O)N1CCCC1. The molecule has 0 bridgehead atoms. The van der Waals surface area contributed by atoms with E-state index in [9.17, 15) is 18.0 Å². The first-order valence-electron chi connectivity index (χ1n) is 10.7. The standard InChI is InChI=1S/C23H27N3O4S/c27-22(25-14-4-5-15-25)17-26-16-6-9-21(23(26)28)24-31(29,30)20-12-10-19(11-13-20)18-7-2-1-3-8-18/h1-3,7-8,10-13,21,24H,4-6,9,14-17H2. The molecule has 2 aliphatic heterocycles. The molecule has 2 aromatic rings. The maximum Gasteiger partial charge on any atom is 0.242 e. The van der Waals surface area contributed by atoms with Crippen molar-refractivity contribution in [2.75, 3.05) is 26.2 Å². The number of carbonyl (C=O) groups is 2. The Morgan fingerprint density at radius 3 is 2.23 bits per heavy atom. The summed E-state index contributed by atoms with van der Waals surface area (Å²) in [5.41, 5.74) is 1.92. The summed E-state index contributed by atoms with van der Waals surface area (Å²) in [7, 11) is -3.85. The number of rotatable bonds is 6. The largest absolute Gasteiger partial charge is 0.341 e. The zero-order chi connectivity index (χ0) is 21.8. The normalized spacial score (nSPS) is 19.6. The minimum absolute atomic E-state index is 0.0167. The maximum absolute atomic E-state index is 12.9. The molecule has 0 spiro atoms. The molecule has 1 atom stereocenters. The summed E-state index contributed by atoms with van der Waals surface area (Å²) in [6.45, 7) is 1.96. The van der Waals surface area contributed by atoms with Crippen molar-refractivity contribution in [3.8, 4) is 11.1 Å². The third kappa shape index (κ3) is 4.97.